The molecule has 0 aliphatic heterocycles. The van der Waals surface area contributed by atoms with Crippen molar-refractivity contribution in [3.63, 3.8) is 0 Å². The van der Waals surface area contributed by atoms with Crippen molar-refractivity contribution in [2.75, 3.05) is 17.7 Å². The van der Waals surface area contributed by atoms with Crippen LogP contribution in [0.5, 0.6) is 5.75 Å². The first kappa shape index (κ1) is 20.1. The van der Waals surface area contributed by atoms with Crippen molar-refractivity contribution >= 4 is 63.1 Å². The van der Waals surface area contributed by atoms with Gasteiger partial charge < -0.3 is 15.4 Å². The lowest BCUT2D eigenvalue weighted by Crippen LogP contribution is -2.34. The maximum Gasteiger partial charge on any atom is 0.257 e. The van der Waals surface area contributed by atoms with Crippen molar-refractivity contribution in [3.8, 4) is 5.75 Å². The second-order valence-electron chi connectivity index (χ2n) is 5.24. The SMILES string of the molecule is CCC(=O)Nc1ccc(NC(=S)NC(=O)c2ccc(OC)c(I)c2)cc1. The van der Waals surface area contributed by atoms with E-state index in [2.05, 4.69) is 38.5 Å². The Morgan fingerprint density at radius 3 is 2.23 bits per heavy atom. The van der Waals surface area contributed by atoms with Crippen LogP contribution < -0.4 is 20.7 Å². The minimum Gasteiger partial charge on any atom is -0.496 e. The highest BCUT2D eigenvalue weighted by Gasteiger charge is 2.10. The van der Waals surface area contributed by atoms with Crippen LogP contribution in [0.2, 0.25) is 0 Å². The van der Waals surface area contributed by atoms with Gasteiger partial charge in [0, 0.05) is 23.4 Å². The van der Waals surface area contributed by atoms with Crippen molar-refractivity contribution in [2.45, 2.75) is 13.3 Å². The number of hydrogen-bond donors (Lipinski definition) is 3. The summed E-state index contributed by atoms with van der Waals surface area (Å²) in [5, 5.41) is 8.51. The van der Waals surface area contributed by atoms with Gasteiger partial charge in [0.1, 0.15) is 5.75 Å². The van der Waals surface area contributed by atoms with Crippen molar-refractivity contribution < 1.29 is 14.3 Å². The number of halogens is 1. The smallest absolute Gasteiger partial charge is 0.257 e. The first-order valence-electron chi connectivity index (χ1n) is 7.78. The molecule has 0 spiro atoms. The van der Waals surface area contributed by atoms with Crippen LogP contribution in [-0.4, -0.2) is 24.0 Å². The zero-order valence-corrected chi connectivity index (χ0v) is 17.2. The molecule has 0 saturated heterocycles. The fraction of sp³-hybridized carbons (Fsp3) is 0.167. The molecule has 2 aromatic rings. The summed E-state index contributed by atoms with van der Waals surface area (Å²) in [5.41, 5.74) is 1.89. The first-order valence-corrected chi connectivity index (χ1v) is 9.27. The molecular formula is C18H18IN3O3S. The number of carbonyl (C=O) groups is 2. The summed E-state index contributed by atoms with van der Waals surface area (Å²) < 4.78 is 6.01. The largest absolute Gasteiger partial charge is 0.496 e. The topological polar surface area (TPSA) is 79.5 Å². The molecule has 0 aliphatic rings. The first-order chi connectivity index (χ1) is 12.4. The van der Waals surface area contributed by atoms with Crippen LogP contribution in [0.25, 0.3) is 0 Å². The zero-order valence-electron chi connectivity index (χ0n) is 14.3. The predicted molar refractivity (Wildman–Crippen MR) is 115 cm³/mol. The summed E-state index contributed by atoms with van der Waals surface area (Å²) in [5.74, 6) is 0.343. The van der Waals surface area contributed by atoms with Crippen LogP contribution in [-0.2, 0) is 4.79 Å². The van der Waals surface area contributed by atoms with E-state index in [4.69, 9.17) is 17.0 Å². The van der Waals surface area contributed by atoms with E-state index >= 15 is 0 Å². The van der Waals surface area contributed by atoms with Gasteiger partial charge >= 0.3 is 0 Å². The molecular weight excluding hydrogens is 465 g/mol. The molecule has 0 aliphatic carbocycles. The molecule has 0 unspecified atom stereocenters. The van der Waals surface area contributed by atoms with Gasteiger partial charge in [-0.1, -0.05) is 6.92 Å². The number of nitrogens with one attached hydrogen (secondary N) is 3. The van der Waals surface area contributed by atoms with Crippen LogP contribution in [0.1, 0.15) is 23.7 Å². The Balaban J connectivity index is 1.94. The van der Waals surface area contributed by atoms with Crippen LogP contribution in [0.3, 0.4) is 0 Å². The Kier molecular flexibility index (Phi) is 7.34. The molecule has 8 heteroatoms. The third kappa shape index (κ3) is 5.67. The van der Waals surface area contributed by atoms with Crippen molar-refractivity contribution in [2.24, 2.45) is 0 Å². The van der Waals surface area contributed by atoms with Gasteiger partial charge in [0.05, 0.1) is 10.7 Å². The Labute approximate surface area is 170 Å². The monoisotopic (exact) mass is 483 g/mol. The summed E-state index contributed by atoms with van der Waals surface area (Å²) in [7, 11) is 1.58. The maximum absolute atomic E-state index is 12.3. The molecule has 0 fully saturated rings. The van der Waals surface area contributed by atoms with Crippen molar-refractivity contribution in [1.82, 2.24) is 5.32 Å². The minimum atomic E-state index is -0.310. The molecule has 2 aromatic carbocycles. The molecule has 0 bridgehead atoms. The van der Waals surface area contributed by atoms with Gasteiger partial charge in [-0.2, -0.15) is 0 Å². The van der Waals surface area contributed by atoms with E-state index in [1.807, 2.05) is 0 Å². The highest BCUT2D eigenvalue weighted by molar-refractivity contribution is 14.1. The van der Waals surface area contributed by atoms with Crippen LogP contribution in [0.15, 0.2) is 42.5 Å². The number of thiocarbonyl (C=S) groups is 1. The number of rotatable bonds is 5. The van der Waals surface area contributed by atoms with Gasteiger partial charge in [-0.15, -0.1) is 0 Å². The van der Waals surface area contributed by atoms with Gasteiger partial charge in [0.2, 0.25) is 5.91 Å². The number of carbonyl (C=O) groups excluding carboxylic acids is 2. The predicted octanol–water partition coefficient (Wildman–Crippen LogP) is 3.78. The normalized spacial score (nSPS) is 9.96. The molecule has 136 valence electrons. The van der Waals surface area contributed by atoms with Crippen LogP contribution in [0.4, 0.5) is 11.4 Å². The van der Waals surface area contributed by atoms with E-state index in [-0.39, 0.29) is 16.9 Å². The average Bonchev–Trinajstić information content (AvgIpc) is 2.63. The number of ether oxygens (including phenoxy) is 1. The molecule has 0 heterocycles. The molecule has 6 nitrogen and oxygen atoms in total. The van der Waals surface area contributed by atoms with E-state index in [0.29, 0.717) is 29.1 Å². The highest BCUT2D eigenvalue weighted by atomic mass is 127. The molecule has 2 amide bonds. The lowest BCUT2D eigenvalue weighted by molar-refractivity contribution is -0.115. The second-order valence-corrected chi connectivity index (χ2v) is 6.81. The molecule has 3 N–H and O–H groups in total. The fourth-order valence-electron chi connectivity index (χ4n) is 2.03. The van der Waals surface area contributed by atoms with Gasteiger partial charge in [-0.3, -0.25) is 14.9 Å². The van der Waals surface area contributed by atoms with Crippen LogP contribution in [0, 0.1) is 3.57 Å². The number of anilines is 2. The molecule has 2 rings (SSSR count). The number of benzene rings is 2. The quantitative estimate of drug-likeness (QED) is 0.446. The van der Waals surface area contributed by atoms with E-state index in [1.165, 1.54) is 0 Å². The second kappa shape index (κ2) is 9.48. The zero-order chi connectivity index (χ0) is 19.1. The van der Waals surface area contributed by atoms with Crippen molar-refractivity contribution in [1.29, 1.82) is 0 Å². The van der Waals surface area contributed by atoms with E-state index in [0.717, 1.165) is 3.57 Å². The lowest BCUT2D eigenvalue weighted by Gasteiger charge is -2.11. The Morgan fingerprint density at radius 2 is 1.69 bits per heavy atom. The fourth-order valence-corrected chi connectivity index (χ4v) is 2.98. The Hall–Kier alpha value is -2.20. The molecule has 0 aromatic heterocycles. The number of methoxy groups -OCH3 is 1. The Morgan fingerprint density at radius 1 is 1.08 bits per heavy atom. The number of hydrogen-bond acceptors (Lipinski definition) is 4. The van der Waals surface area contributed by atoms with Gasteiger partial charge in [0.15, 0.2) is 5.11 Å². The minimum absolute atomic E-state index is 0.0531. The van der Waals surface area contributed by atoms with Gasteiger partial charge in [-0.25, -0.2) is 0 Å². The van der Waals surface area contributed by atoms with E-state index in [1.54, 1.807) is 56.5 Å². The summed E-state index contributed by atoms with van der Waals surface area (Å²) in [6, 6.07) is 12.2. The van der Waals surface area contributed by atoms with Gasteiger partial charge in [0.25, 0.3) is 5.91 Å². The van der Waals surface area contributed by atoms with E-state index < -0.39 is 0 Å². The molecule has 26 heavy (non-hydrogen) atoms. The lowest BCUT2D eigenvalue weighted by atomic mass is 10.2. The highest BCUT2D eigenvalue weighted by Crippen LogP contribution is 2.21. The summed E-state index contributed by atoms with van der Waals surface area (Å²) in [6.45, 7) is 1.79. The van der Waals surface area contributed by atoms with Crippen LogP contribution >= 0.6 is 34.8 Å². The standard InChI is InChI=1S/C18H18IN3O3S/c1-3-16(23)20-12-5-7-13(8-6-12)21-18(26)22-17(24)11-4-9-15(25-2)14(19)10-11/h4-10H,3H2,1-2H3,(H,20,23)(H2,21,22,24,26). The van der Waals surface area contributed by atoms with E-state index in [9.17, 15) is 9.59 Å². The van der Waals surface area contributed by atoms with Gasteiger partial charge in [-0.05, 0) is 77.3 Å². The Bertz CT molecular complexity index is 825. The summed E-state index contributed by atoms with van der Waals surface area (Å²) in [6.07, 6.45) is 0.417. The summed E-state index contributed by atoms with van der Waals surface area (Å²) in [4.78, 5) is 23.6. The third-order valence-electron chi connectivity index (χ3n) is 3.39. The molecule has 0 atom stereocenters. The van der Waals surface area contributed by atoms with Crippen molar-refractivity contribution in [3.05, 3.63) is 51.6 Å². The maximum atomic E-state index is 12.3. The molecule has 0 radical (unpaired) electrons. The summed E-state index contributed by atoms with van der Waals surface area (Å²) >= 11 is 7.28. The average molecular weight is 483 g/mol. The number of amides is 2. The third-order valence-corrected chi connectivity index (χ3v) is 4.44. The molecule has 0 saturated carbocycles.